The van der Waals surface area contributed by atoms with Crippen molar-refractivity contribution < 1.29 is 9.90 Å². The number of aliphatic carboxylic acids is 1. The van der Waals surface area contributed by atoms with E-state index in [9.17, 15) is 4.79 Å². The molecule has 0 amide bonds. The number of carboxylic acid groups (broad SMARTS) is 1. The molecule has 0 fully saturated rings. The van der Waals surface area contributed by atoms with Crippen molar-refractivity contribution in [3.8, 4) is 0 Å². The topological polar surface area (TPSA) is 268 Å². The van der Waals surface area contributed by atoms with Crippen LogP contribution in [-0.4, -0.2) is 48.6 Å². The van der Waals surface area contributed by atoms with Crippen molar-refractivity contribution in [3.63, 3.8) is 0 Å². The molecule has 0 aliphatic rings. The highest BCUT2D eigenvalue weighted by molar-refractivity contribution is 5.76. The first-order valence-electron chi connectivity index (χ1n) is 5.65. The van der Waals surface area contributed by atoms with E-state index in [1.807, 2.05) is 0 Å². The van der Waals surface area contributed by atoms with E-state index >= 15 is 0 Å². The molecule has 0 bridgehead atoms. The molecule has 12 heteroatoms. The van der Waals surface area contributed by atoms with Gasteiger partial charge in [0.05, 0.1) is 0 Å². The van der Waals surface area contributed by atoms with Crippen LogP contribution in [0.1, 0.15) is 12.8 Å². The Kier molecular flexibility index (Phi) is 17.0. The fourth-order valence-corrected chi connectivity index (χ4v) is 0.643. The molecule has 1 unspecified atom stereocenters. The number of carbonyl (C=O) groups is 1. The van der Waals surface area contributed by atoms with Gasteiger partial charge in [-0.25, -0.2) is 0 Å². The molecule has 0 rings (SSSR count). The molecule has 0 aliphatic heterocycles. The molecule has 0 aromatic carbocycles. The maximum absolute atomic E-state index is 10.2. The average Bonchev–Trinajstić information content (AvgIpc) is 2.33. The van der Waals surface area contributed by atoms with Crippen molar-refractivity contribution in [1.82, 2.24) is 0 Å². The quantitative estimate of drug-likeness (QED) is 0.136. The van der Waals surface area contributed by atoms with Gasteiger partial charge in [0.25, 0.3) is 0 Å². The number of hydrogen-bond donors (Lipinski definition) is 9. The van der Waals surface area contributed by atoms with Crippen LogP contribution in [0.5, 0.6) is 0 Å². The Morgan fingerprint density at radius 1 is 1.14 bits per heavy atom. The van der Waals surface area contributed by atoms with Gasteiger partial charge in [-0.15, -0.1) is 0 Å². The predicted octanol–water partition coefficient (Wildman–Crippen LogP) is -3.82. The first kappa shape index (κ1) is 23.3. The van der Waals surface area contributed by atoms with Crippen molar-refractivity contribution in [2.24, 2.45) is 50.1 Å². The van der Waals surface area contributed by atoms with Crippen LogP contribution in [0.2, 0.25) is 0 Å². The summed E-state index contributed by atoms with van der Waals surface area (Å²) >= 11 is 0. The summed E-state index contributed by atoms with van der Waals surface area (Å²) in [5, 5.41) is 14.4. The fraction of sp³-hybridized carbons (Fsp3) is 0.556. The van der Waals surface area contributed by atoms with Crippen LogP contribution in [0.4, 0.5) is 0 Å². The minimum Gasteiger partial charge on any atom is -0.480 e. The lowest BCUT2D eigenvalue weighted by Gasteiger charge is -2.03. The Bertz CT molecular complexity index is 342. The number of nitrogens with one attached hydrogen (secondary N) is 1. The zero-order chi connectivity index (χ0) is 17.4. The maximum Gasteiger partial charge on any atom is 0.320 e. The van der Waals surface area contributed by atoms with E-state index in [-0.39, 0.29) is 17.9 Å². The van der Waals surface area contributed by atoms with Crippen LogP contribution in [0, 0.1) is 5.41 Å². The molecule has 0 aromatic rings. The molecule has 0 saturated carbocycles. The second kappa shape index (κ2) is 15.3. The van der Waals surface area contributed by atoms with Crippen LogP contribution in [0.15, 0.2) is 9.98 Å². The van der Waals surface area contributed by atoms with Gasteiger partial charge in [0, 0.05) is 13.6 Å². The maximum atomic E-state index is 10.2. The number of nitrogens with zero attached hydrogens (tertiary/aromatic N) is 2. The smallest absolute Gasteiger partial charge is 0.320 e. The van der Waals surface area contributed by atoms with Crippen molar-refractivity contribution in [3.05, 3.63) is 0 Å². The summed E-state index contributed by atoms with van der Waals surface area (Å²) in [5.74, 6) is -1.19. The Morgan fingerprint density at radius 3 is 1.76 bits per heavy atom. The van der Waals surface area contributed by atoms with Crippen molar-refractivity contribution in [2.45, 2.75) is 18.9 Å². The molecule has 0 aliphatic carbocycles. The van der Waals surface area contributed by atoms with E-state index in [2.05, 4.69) is 21.5 Å². The molecule has 16 N–H and O–H groups in total. The number of carboxylic acids is 1. The monoisotopic (exact) mass is 306 g/mol. The first-order valence-corrected chi connectivity index (χ1v) is 5.65. The van der Waals surface area contributed by atoms with Crippen LogP contribution < -0.4 is 40.1 Å². The molecule has 1 atom stereocenters. The van der Waals surface area contributed by atoms with Gasteiger partial charge in [-0.1, -0.05) is 0 Å². The number of hydrogen-bond acceptors (Lipinski definition) is 5. The Hall–Kier alpha value is -2.76. The molecule has 0 heterocycles. The predicted molar refractivity (Wildman–Crippen MR) is 83.4 cm³/mol. The minimum atomic E-state index is -1.00. The van der Waals surface area contributed by atoms with E-state index in [0.717, 1.165) is 0 Å². The van der Waals surface area contributed by atoms with Crippen LogP contribution in [0.25, 0.3) is 0 Å². The van der Waals surface area contributed by atoms with Crippen LogP contribution >= 0.6 is 0 Å². The third kappa shape index (κ3) is 38.2. The van der Waals surface area contributed by atoms with Crippen LogP contribution in [0.3, 0.4) is 0 Å². The minimum absolute atomic E-state index is 0.0129. The van der Waals surface area contributed by atoms with Gasteiger partial charge in [0.2, 0.25) is 0 Å². The molecule has 0 radical (unpaired) electrons. The third-order valence-corrected chi connectivity index (χ3v) is 1.54. The molecular formula is C9H26N10O2. The Labute approximate surface area is 122 Å². The summed E-state index contributed by atoms with van der Waals surface area (Å²) in [5.41, 5.74) is 33.9. The summed E-state index contributed by atoms with van der Waals surface area (Å²) in [6.07, 6.45) is 0.956. The lowest BCUT2D eigenvalue weighted by molar-refractivity contribution is -0.138. The zero-order valence-corrected chi connectivity index (χ0v) is 12.0. The van der Waals surface area contributed by atoms with Gasteiger partial charge >= 0.3 is 5.97 Å². The van der Waals surface area contributed by atoms with E-state index < -0.39 is 12.0 Å². The van der Waals surface area contributed by atoms with Gasteiger partial charge in [-0.3, -0.25) is 20.2 Å². The highest BCUT2D eigenvalue weighted by Gasteiger charge is 2.09. The van der Waals surface area contributed by atoms with Gasteiger partial charge in [0.15, 0.2) is 17.9 Å². The summed E-state index contributed by atoms with van der Waals surface area (Å²) in [7, 11) is 1.54. The number of aliphatic imine (C=N–C) groups is 2. The second-order valence-corrected chi connectivity index (χ2v) is 3.50. The molecule has 0 saturated heterocycles. The molecule has 0 aromatic heterocycles. The molecule has 124 valence electrons. The third-order valence-electron chi connectivity index (χ3n) is 1.54. The lowest BCUT2D eigenvalue weighted by atomic mass is 10.2. The van der Waals surface area contributed by atoms with Crippen molar-refractivity contribution >= 4 is 23.8 Å². The summed E-state index contributed by atoms with van der Waals surface area (Å²) in [4.78, 5) is 17.3. The van der Waals surface area contributed by atoms with Crippen molar-refractivity contribution in [2.75, 3.05) is 13.6 Å². The summed E-state index contributed by atoms with van der Waals surface area (Å²) < 4.78 is 0. The zero-order valence-electron chi connectivity index (χ0n) is 12.0. The van der Waals surface area contributed by atoms with Gasteiger partial charge in [0.1, 0.15) is 6.04 Å². The lowest BCUT2D eigenvalue weighted by Crippen LogP contribution is -2.30. The van der Waals surface area contributed by atoms with E-state index in [4.69, 9.17) is 39.2 Å². The summed E-state index contributed by atoms with van der Waals surface area (Å²) in [6, 6.07) is -0.820. The first-order chi connectivity index (χ1) is 9.54. The van der Waals surface area contributed by atoms with E-state index in [0.29, 0.717) is 19.4 Å². The summed E-state index contributed by atoms with van der Waals surface area (Å²) in [6.45, 7) is 0.420. The highest BCUT2D eigenvalue weighted by Crippen LogP contribution is 1.94. The number of rotatable bonds is 5. The highest BCUT2D eigenvalue weighted by atomic mass is 16.4. The van der Waals surface area contributed by atoms with Crippen LogP contribution in [-0.2, 0) is 4.79 Å². The Balaban J connectivity index is -0.000000297. The van der Waals surface area contributed by atoms with Gasteiger partial charge in [-0.05, 0) is 12.8 Å². The van der Waals surface area contributed by atoms with Gasteiger partial charge in [-0.2, -0.15) is 0 Å². The van der Waals surface area contributed by atoms with E-state index in [1.54, 1.807) is 0 Å². The largest absolute Gasteiger partial charge is 0.480 e. The molecular weight excluding hydrogens is 280 g/mol. The molecule has 12 nitrogen and oxygen atoms in total. The molecule has 0 spiro atoms. The molecule has 21 heavy (non-hydrogen) atoms. The van der Waals surface area contributed by atoms with Crippen molar-refractivity contribution in [1.29, 1.82) is 5.41 Å². The second-order valence-electron chi connectivity index (χ2n) is 3.50. The normalized spacial score (nSPS) is 9.62. The van der Waals surface area contributed by atoms with Gasteiger partial charge < -0.3 is 45.2 Å². The number of nitrogens with two attached hydrogens (primary N) is 7. The fourth-order valence-electron chi connectivity index (χ4n) is 0.643. The average molecular weight is 306 g/mol. The Morgan fingerprint density at radius 2 is 1.52 bits per heavy atom. The number of guanidine groups is 3. The SMILES string of the molecule is CN=C(N)N.N=C(N)N.NC(N)=NCCCC(N)C(=O)O. The van der Waals surface area contributed by atoms with E-state index in [1.165, 1.54) is 7.05 Å². The standard InChI is InChI=1S/C6H14N4O2.C2H7N3.CH5N3/c7-4(5(11)12)2-1-3-10-6(8)9;1-5-2(3)4;2-1(3)4/h4H,1-3,7H2,(H,11,12)(H4,8,9,10);1H3,(H4,3,4,5);(H5,2,3,4).